The highest BCUT2D eigenvalue weighted by Gasteiger charge is 2.75. The van der Waals surface area contributed by atoms with Crippen molar-refractivity contribution in [1.29, 1.82) is 0 Å². The number of carbonyl (C=O) groups is 3. The van der Waals surface area contributed by atoms with Gasteiger partial charge < -0.3 is 25.4 Å². The van der Waals surface area contributed by atoms with Crippen molar-refractivity contribution in [2.45, 2.75) is 63.1 Å². The molecule has 0 radical (unpaired) electrons. The van der Waals surface area contributed by atoms with Crippen LogP contribution in [0.4, 0.5) is 0 Å². The molecule has 3 aliphatic heterocycles. The molecule has 11 heteroatoms. The summed E-state index contributed by atoms with van der Waals surface area (Å²) in [6.45, 7) is 2.18. The van der Waals surface area contributed by atoms with E-state index >= 15 is 0 Å². The highest BCUT2D eigenvalue weighted by Crippen LogP contribution is 2.58. The maximum atomic E-state index is 14.2. The Balaban J connectivity index is 1.33. The van der Waals surface area contributed by atoms with Crippen LogP contribution in [0.5, 0.6) is 0 Å². The molecule has 4 heterocycles. The minimum Gasteiger partial charge on any atom is -0.394 e. The van der Waals surface area contributed by atoms with E-state index in [1.165, 1.54) is 4.90 Å². The molecule has 3 aromatic rings. The van der Waals surface area contributed by atoms with Gasteiger partial charge in [-0.15, -0.1) is 5.10 Å². The predicted molar refractivity (Wildman–Crippen MR) is 144 cm³/mol. The highest BCUT2D eigenvalue weighted by atomic mass is 16.5. The number of aromatic nitrogens is 3. The first-order valence-corrected chi connectivity index (χ1v) is 14.0. The number of aliphatic hydroxyl groups is 1. The summed E-state index contributed by atoms with van der Waals surface area (Å²) in [7, 11) is 0. The lowest BCUT2D eigenvalue weighted by Crippen LogP contribution is -2.58. The Labute approximate surface area is 231 Å². The second kappa shape index (κ2) is 10.6. The molecular weight excluding hydrogens is 512 g/mol. The van der Waals surface area contributed by atoms with Gasteiger partial charge in [0.15, 0.2) is 0 Å². The summed E-state index contributed by atoms with van der Waals surface area (Å²) in [5.41, 5.74) is 1.25. The fourth-order valence-electron chi connectivity index (χ4n) is 6.87. The van der Waals surface area contributed by atoms with Crippen molar-refractivity contribution >= 4 is 28.8 Å². The Hall–Kier alpha value is -3.83. The van der Waals surface area contributed by atoms with Crippen LogP contribution in [0.3, 0.4) is 0 Å². The smallest absolute Gasteiger partial charge is 0.247 e. The first kappa shape index (κ1) is 26.4. The molecule has 1 aromatic heterocycles. The zero-order chi connectivity index (χ0) is 27.9. The van der Waals surface area contributed by atoms with Crippen LogP contribution < -0.4 is 10.6 Å². The number of fused-ring (bicyclic) bond motifs is 2. The van der Waals surface area contributed by atoms with Crippen LogP contribution in [0.15, 0.2) is 54.6 Å². The Morgan fingerprint density at radius 1 is 1.12 bits per heavy atom. The molecule has 3 N–H and O–H groups in total. The van der Waals surface area contributed by atoms with Crippen molar-refractivity contribution in [3.8, 4) is 0 Å². The van der Waals surface area contributed by atoms with Gasteiger partial charge in [-0.2, -0.15) is 0 Å². The monoisotopic (exact) mass is 546 g/mol. The average Bonchev–Trinajstić information content (AvgIpc) is 3.73. The minimum absolute atomic E-state index is 0.0466. The van der Waals surface area contributed by atoms with Gasteiger partial charge in [-0.05, 0) is 43.4 Å². The van der Waals surface area contributed by atoms with Crippen molar-refractivity contribution in [3.63, 3.8) is 0 Å². The average molecular weight is 547 g/mol. The number of hydrogen-bond donors (Lipinski definition) is 3. The lowest BCUT2D eigenvalue weighted by atomic mass is 9.70. The van der Waals surface area contributed by atoms with Gasteiger partial charge in [0, 0.05) is 6.54 Å². The van der Waals surface area contributed by atoms with Crippen molar-refractivity contribution < 1.29 is 24.2 Å². The second-order valence-electron chi connectivity index (χ2n) is 10.9. The molecule has 0 aliphatic carbocycles. The van der Waals surface area contributed by atoms with E-state index in [2.05, 4.69) is 20.9 Å². The van der Waals surface area contributed by atoms with Gasteiger partial charge >= 0.3 is 0 Å². The molecule has 40 heavy (non-hydrogen) atoms. The molecule has 2 aromatic carbocycles. The van der Waals surface area contributed by atoms with E-state index in [0.717, 1.165) is 17.5 Å². The Bertz CT molecular complexity index is 1410. The van der Waals surface area contributed by atoms with E-state index in [9.17, 15) is 19.5 Å². The van der Waals surface area contributed by atoms with Gasteiger partial charge in [-0.25, -0.2) is 4.68 Å². The topological polar surface area (TPSA) is 139 Å². The SMILES string of the molecule is CCCNC(=O)[C@@H]1[C@@H]2CCC3(O2)C(C(=O)NCn2nnc4ccccc42)N([C@@H](CO)Cc2ccccc2)C(=O)[C@H]13. The molecule has 3 saturated heterocycles. The van der Waals surface area contributed by atoms with Crippen molar-refractivity contribution in [2.24, 2.45) is 11.8 Å². The minimum atomic E-state index is -1.14. The molecule has 3 amide bonds. The van der Waals surface area contributed by atoms with Gasteiger partial charge in [-0.1, -0.05) is 54.6 Å². The summed E-state index contributed by atoms with van der Waals surface area (Å²) in [6.07, 6.45) is 1.77. The fraction of sp³-hybridized carbons (Fsp3) is 0.483. The molecule has 3 aliphatic rings. The number of amides is 3. The van der Waals surface area contributed by atoms with E-state index in [0.29, 0.717) is 31.3 Å². The molecule has 210 valence electrons. The molecule has 0 saturated carbocycles. The Kier molecular flexibility index (Phi) is 7.01. The van der Waals surface area contributed by atoms with E-state index < -0.39 is 41.5 Å². The van der Waals surface area contributed by atoms with Crippen molar-refractivity contribution in [1.82, 2.24) is 30.5 Å². The van der Waals surface area contributed by atoms with Crippen LogP contribution >= 0.6 is 0 Å². The number of hydrogen-bond acceptors (Lipinski definition) is 7. The molecule has 6 rings (SSSR count). The molecule has 2 bridgehead atoms. The Morgan fingerprint density at radius 3 is 2.67 bits per heavy atom. The third-order valence-corrected chi connectivity index (χ3v) is 8.58. The van der Waals surface area contributed by atoms with Gasteiger partial charge in [0.05, 0.1) is 36.1 Å². The number of para-hydroxylation sites is 1. The van der Waals surface area contributed by atoms with Crippen LogP contribution in [-0.2, 0) is 32.2 Å². The van der Waals surface area contributed by atoms with E-state index in [1.54, 1.807) is 4.68 Å². The van der Waals surface area contributed by atoms with Crippen LogP contribution in [0, 0.1) is 11.8 Å². The van der Waals surface area contributed by atoms with Crippen LogP contribution in [0.1, 0.15) is 31.7 Å². The summed E-state index contributed by atoms with van der Waals surface area (Å²) in [5, 5.41) is 24.7. The maximum Gasteiger partial charge on any atom is 0.247 e. The quantitative estimate of drug-likeness (QED) is 0.345. The zero-order valence-corrected chi connectivity index (χ0v) is 22.4. The summed E-state index contributed by atoms with van der Waals surface area (Å²) < 4.78 is 8.07. The lowest BCUT2D eigenvalue weighted by Gasteiger charge is -2.36. The fourth-order valence-corrected chi connectivity index (χ4v) is 6.87. The summed E-state index contributed by atoms with van der Waals surface area (Å²) >= 11 is 0. The van der Waals surface area contributed by atoms with Crippen LogP contribution in [0.25, 0.3) is 11.0 Å². The molecule has 6 atom stereocenters. The summed E-state index contributed by atoms with van der Waals surface area (Å²) in [5.74, 6) is -2.41. The first-order valence-electron chi connectivity index (χ1n) is 14.0. The number of nitrogens with one attached hydrogen (secondary N) is 2. The molecular formula is C29H34N6O5. The largest absolute Gasteiger partial charge is 0.394 e. The molecule has 2 unspecified atom stereocenters. The Morgan fingerprint density at radius 2 is 1.90 bits per heavy atom. The van der Waals surface area contributed by atoms with E-state index in [4.69, 9.17) is 4.74 Å². The third kappa shape index (κ3) is 4.24. The molecule has 1 spiro atoms. The number of carbonyl (C=O) groups excluding carboxylic acids is 3. The van der Waals surface area contributed by atoms with Crippen molar-refractivity contribution in [2.75, 3.05) is 13.2 Å². The number of ether oxygens (including phenoxy) is 1. The number of likely N-dealkylation sites (tertiary alicyclic amines) is 1. The summed E-state index contributed by atoms with van der Waals surface area (Å²) in [6, 6.07) is 15.3. The van der Waals surface area contributed by atoms with E-state index in [1.807, 2.05) is 61.5 Å². The summed E-state index contributed by atoms with van der Waals surface area (Å²) in [4.78, 5) is 43.0. The van der Waals surface area contributed by atoms with Gasteiger partial charge in [0.1, 0.15) is 23.8 Å². The normalized spacial score (nSPS) is 27.6. The standard InChI is InChI=1S/C29H34N6O5/c1-2-14-30-26(37)23-22-12-13-29(40-22)24(23)28(39)35(19(16-36)15-18-8-4-3-5-9-18)25(29)27(38)31-17-34-21-11-7-6-10-20(21)32-33-34/h3-11,19,22-25,36H,2,12-17H2,1H3,(H,30,37)(H,31,38)/t19-,22+,23-,24+,25?,29?/m1/s1. The highest BCUT2D eigenvalue weighted by molar-refractivity contribution is 5.99. The maximum absolute atomic E-state index is 14.2. The number of rotatable bonds is 10. The van der Waals surface area contributed by atoms with Crippen LogP contribution in [0.2, 0.25) is 0 Å². The second-order valence-corrected chi connectivity index (χ2v) is 10.9. The third-order valence-electron chi connectivity index (χ3n) is 8.58. The van der Waals surface area contributed by atoms with Gasteiger partial charge in [0.25, 0.3) is 0 Å². The number of benzene rings is 2. The van der Waals surface area contributed by atoms with Gasteiger partial charge in [-0.3, -0.25) is 14.4 Å². The zero-order valence-electron chi connectivity index (χ0n) is 22.4. The van der Waals surface area contributed by atoms with Crippen LogP contribution in [-0.4, -0.2) is 79.7 Å². The van der Waals surface area contributed by atoms with E-state index in [-0.39, 0.29) is 25.1 Å². The van der Waals surface area contributed by atoms with Gasteiger partial charge in [0.2, 0.25) is 17.7 Å². The molecule has 11 nitrogen and oxygen atoms in total. The lowest BCUT2D eigenvalue weighted by molar-refractivity contribution is -0.145. The van der Waals surface area contributed by atoms with Crippen molar-refractivity contribution in [3.05, 3.63) is 60.2 Å². The molecule has 3 fully saturated rings. The number of nitrogens with zero attached hydrogens (tertiary/aromatic N) is 4. The first-order chi connectivity index (χ1) is 19.5. The predicted octanol–water partition coefficient (Wildman–Crippen LogP) is 1.01. The number of aliphatic hydroxyl groups excluding tert-OH is 1.